The first-order valence-electron chi connectivity index (χ1n) is 10.6. The molecule has 0 saturated carbocycles. The summed E-state index contributed by atoms with van der Waals surface area (Å²) in [5, 5.41) is 7.92. The highest BCUT2D eigenvalue weighted by Crippen LogP contribution is 2.32. The summed E-state index contributed by atoms with van der Waals surface area (Å²) in [6.07, 6.45) is 6.44. The zero-order valence-electron chi connectivity index (χ0n) is 18.4. The van der Waals surface area contributed by atoms with Gasteiger partial charge in [0.25, 0.3) is 0 Å². The van der Waals surface area contributed by atoms with Crippen LogP contribution >= 0.6 is 0 Å². The largest absolute Gasteiger partial charge is 0.481 e. The molecule has 0 spiro atoms. The first-order valence-corrected chi connectivity index (χ1v) is 10.6. The molecule has 0 aromatic carbocycles. The Morgan fingerprint density at radius 2 is 2.03 bits per heavy atom. The second-order valence-electron chi connectivity index (χ2n) is 9.10. The first kappa shape index (κ1) is 19.7. The van der Waals surface area contributed by atoms with Crippen molar-refractivity contribution >= 4 is 5.65 Å². The molecule has 0 aliphatic carbocycles. The Balaban J connectivity index is 1.67. The predicted octanol–water partition coefficient (Wildman–Crippen LogP) is 3.36. The van der Waals surface area contributed by atoms with Crippen molar-refractivity contribution in [3.05, 3.63) is 48.2 Å². The number of imidazole rings is 1. The maximum atomic E-state index is 5.46. The smallest absolute Gasteiger partial charge is 0.221 e. The van der Waals surface area contributed by atoms with Gasteiger partial charge in [0, 0.05) is 49.7 Å². The fraction of sp³-hybridized carbons (Fsp3) is 0.391. The monoisotopic (exact) mass is 417 g/mol. The molecule has 8 heteroatoms. The van der Waals surface area contributed by atoms with Crippen LogP contribution < -0.4 is 10.1 Å². The van der Waals surface area contributed by atoms with Gasteiger partial charge in [-0.25, -0.2) is 19.5 Å². The summed E-state index contributed by atoms with van der Waals surface area (Å²) in [5.74, 6) is 1.47. The molecule has 0 amide bonds. The molecule has 1 N–H and O–H groups in total. The summed E-state index contributed by atoms with van der Waals surface area (Å²) in [5.41, 5.74) is 5.91. The highest BCUT2D eigenvalue weighted by Gasteiger charge is 2.25. The Bertz CT molecular complexity index is 1250. The molecule has 4 aromatic rings. The van der Waals surface area contributed by atoms with Crippen molar-refractivity contribution in [1.29, 1.82) is 0 Å². The van der Waals surface area contributed by atoms with Crippen molar-refractivity contribution < 1.29 is 4.74 Å². The van der Waals surface area contributed by atoms with E-state index in [1.54, 1.807) is 17.8 Å². The molecular formula is C23H27N7O. The molecule has 0 unspecified atom stereocenters. The van der Waals surface area contributed by atoms with Gasteiger partial charge in [0.15, 0.2) is 11.5 Å². The van der Waals surface area contributed by atoms with Crippen LogP contribution in [0.5, 0.6) is 5.88 Å². The van der Waals surface area contributed by atoms with Gasteiger partial charge >= 0.3 is 0 Å². The molecule has 0 fully saturated rings. The van der Waals surface area contributed by atoms with Crippen LogP contribution in [0.4, 0.5) is 0 Å². The molecule has 1 aliphatic rings. The lowest BCUT2D eigenvalue weighted by Gasteiger charge is -2.23. The second-order valence-corrected chi connectivity index (χ2v) is 9.10. The lowest BCUT2D eigenvalue weighted by atomic mass is 9.96. The number of nitrogens with one attached hydrogen (secondary N) is 1. The minimum atomic E-state index is 0.128. The molecule has 31 heavy (non-hydrogen) atoms. The maximum absolute atomic E-state index is 5.46. The van der Waals surface area contributed by atoms with Crippen LogP contribution in [0.2, 0.25) is 0 Å². The third kappa shape index (κ3) is 3.57. The summed E-state index contributed by atoms with van der Waals surface area (Å²) in [4.78, 5) is 14.3. The molecule has 4 aromatic heterocycles. The number of fused-ring (bicyclic) bond motifs is 2. The lowest BCUT2D eigenvalue weighted by Crippen LogP contribution is -2.26. The number of methoxy groups -OCH3 is 1. The Morgan fingerprint density at radius 3 is 2.84 bits per heavy atom. The van der Waals surface area contributed by atoms with Crippen molar-refractivity contribution in [1.82, 2.24) is 34.4 Å². The fourth-order valence-electron chi connectivity index (χ4n) is 4.15. The third-order valence-electron chi connectivity index (χ3n) is 5.47. The number of pyridine rings is 1. The number of hydrogen-bond donors (Lipinski definition) is 1. The van der Waals surface area contributed by atoms with E-state index < -0.39 is 0 Å². The van der Waals surface area contributed by atoms with Crippen LogP contribution in [-0.4, -0.2) is 42.8 Å². The Kier molecular flexibility index (Phi) is 4.74. The molecule has 0 saturated heterocycles. The third-order valence-corrected chi connectivity index (χ3v) is 5.47. The van der Waals surface area contributed by atoms with Gasteiger partial charge in [-0.3, -0.25) is 0 Å². The van der Waals surface area contributed by atoms with E-state index in [2.05, 4.69) is 40.7 Å². The van der Waals surface area contributed by atoms with E-state index in [0.29, 0.717) is 5.88 Å². The van der Waals surface area contributed by atoms with Crippen molar-refractivity contribution in [3.8, 4) is 28.5 Å². The zero-order valence-corrected chi connectivity index (χ0v) is 18.4. The molecule has 5 rings (SSSR count). The van der Waals surface area contributed by atoms with E-state index in [1.807, 2.05) is 30.6 Å². The Labute approximate surface area is 181 Å². The Hall–Kier alpha value is -3.26. The van der Waals surface area contributed by atoms with Gasteiger partial charge < -0.3 is 14.6 Å². The van der Waals surface area contributed by atoms with Crippen LogP contribution in [-0.2, 0) is 19.5 Å². The van der Waals surface area contributed by atoms with E-state index >= 15 is 0 Å². The maximum Gasteiger partial charge on any atom is 0.221 e. The minimum Gasteiger partial charge on any atom is -0.481 e. The average molecular weight is 418 g/mol. The number of rotatable bonds is 4. The van der Waals surface area contributed by atoms with Crippen LogP contribution in [0.1, 0.15) is 32.2 Å². The van der Waals surface area contributed by atoms with Crippen molar-refractivity contribution in [2.45, 2.75) is 40.3 Å². The summed E-state index contributed by atoms with van der Waals surface area (Å²) in [6.45, 7) is 9.43. The normalized spacial score (nSPS) is 14.1. The standard InChI is InChI=1S/C23H27N7O/c1-23(2,3)14-29-19-7-10-24-13-18(19)28-21(29)17-8-11-30-20(27-17)16(12-26-30)15-6-5-9-25-22(15)31-4/h5-6,8-9,11-12,24H,7,10,13-14H2,1-4H3. The van der Waals surface area contributed by atoms with Crippen molar-refractivity contribution in [2.75, 3.05) is 13.7 Å². The number of hydrogen-bond acceptors (Lipinski definition) is 6. The second kappa shape index (κ2) is 7.46. The molecule has 5 heterocycles. The molecular weight excluding hydrogens is 390 g/mol. The minimum absolute atomic E-state index is 0.128. The number of ether oxygens (including phenoxy) is 1. The summed E-state index contributed by atoms with van der Waals surface area (Å²) >= 11 is 0. The van der Waals surface area contributed by atoms with Crippen LogP contribution in [0.15, 0.2) is 36.8 Å². The number of nitrogens with zero attached hydrogens (tertiary/aromatic N) is 6. The van der Waals surface area contributed by atoms with Crippen LogP contribution in [0.3, 0.4) is 0 Å². The van der Waals surface area contributed by atoms with E-state index in [0.717, 1.165) is 60.0 Å². The first-order chi connectivity index (χ1) is 14.9. The Morgan fingerprint density at radius 1 is 1.16 bits per heavy atom. The van der Waals surface area contributed by atoms with E-state index in [1.165, 1.54) is 5.69 Å². The SMILES string of the molecule is COc1ncccc1-c1cnn2ccc(-c3nc4c(n3CC(C)(C)C)CCNC4)nc12. The number of aromatic nitrogens is 6. The summed E-state index contributed by atoms with van der Waals surface area (Å²) in [7, 11) is 1.62. The van der Waals surface area contributed by atoms with E-state index in [-0.39, 0.29) is 5.41 Å². The zero-order chi connectivity index (χ0) is 21.6. The van der Waals surface area contributed by atoms with Gasteiger partial charge in [0.05, 0.1) is 24.6 Å². The van der Waals surface area contributed by atoms with E-state index in [9.17, 15) is 0 Å². The van der Waals surface area contributed by atoms with Gasteiger partial charge in [-0.15, -0.1) is 0 Å². The summed E-state index contributed by atoms with van der Waals surface area (Å²) in [6, 6.07) is 5.86. The highest BCUT2D eigenvalue weighted by molar-refractivity contribution is 5.80. The molecule has 0 radical (unpaired) electrons. The molecule has 160 valence electrons. The molecule has 1 aliphatic heterocycles. The molecule has 8 nitrogen and oxygen atoms in total. The fourth-order valence-corrected chi connectivity index (χ4v) is 4.15. The van der Waals surface area contributed by atoms with Gasteiger partial charge in [-0.1, -0.05) is 20.8 Å². The molecule has 0 bridgehead atoms. The molecule has 0 atom stereocenters. The average Bonchev–Trinajstić information content (AvgIpc) is 3.34. The van der Waals surface area contributed by atoms with Crippen molar-refractivity contribution in [2.24, 2.45) is 5.41 Å². The quantitative estimate of drug-likeness (QED) is 0.548. The topological polar surface area (TPSA) is 82.2 Å². The highest BCUT2D eigenvalue weighted by atomic mass is 16.5. The summed E-state index contributed by atoms with van der Waals surface area (Å²) < 4.78 is 9.60. The van der Waals surface area contributed by atoms with Crippen LogP contribution in [0, 0.1) is 5.41 Å². The van der Waals surface area contributed by atoms with E-state index in [4.69, 9.17) is 14.7 Å². The van der Waals surface area contributed by atoms with Gasteiger partial charge in [-0.2, -0.15) is 5.10 Å². The van der Waals surface area contributed by atoms with Gasteiger partial charge in [0.2, 0.25) is 5.88 Å². The van der Waals surface area contributed by atoms with Gasteiger partial charge in [-0.05, 0) is 23.6 Å². The lowest BCUT2D eigenvalue weighted by molar-refractivity contribution is 0.339. The van der Waals surface area contributed by atoms with Crippen molar-refractivity contribution in [3.63, 3.8) is 0 Å². The van der Waals surface area contributed by atoms with Gasteiger partial charge in [0.1, 0.15) is 5.69 Å². The van der Waals surface area contributed by atoms with Crippen LogP contribution in [0.25, 0.3) is 28.3 Å². The predicted molar refractivity (Wildman–Crippen MR) is 119 cm³/mol.